The highest BCUT2D eigenvalue weighted by Gasteiger charge is 2.56. The Morgan fingerprint density at radius 2 is 1.32 bits per heavy atom. The first-order chi connectivity index (χ1) is 13.1. The lowest BCUT2D eigenvalue weighted by Gasteiger charge is -2.52. The summed E-state index contributed by atoms with van der Waals surface area (Å²) < 4.78 is 0. The van der Waals surface area contributed by atoms with E-state index in [0.29, 0.717) is 0 Å². The van der Waals surface area contributed by atoms with Crippen molar-refractivity contribution in [1.82, 2.24) is 0 Å². The minimum atomic E-state index is -0.362. The van der Waals surface area contributed by atoms with Crippen molar-refractivity contribution in [2.45, 2.75) is 47.1 Å². The summed E-state index contributed by atoms with van der Waals surface area (Å²) in [6.07, 6.45) is 2.33. The number of allylic oxidation sites excluding steroid dienone is 1. The number of nitrogens with zero attached hydrogens (tertiary/aromatic N) is 2. The fraction of sp³-hybridized carbons (Fsp3) is 0.385. The maximum atomic E-state index is 5.32. The Balaban J connectivity index is 2.00. The summed E-state index contributed by atoms with van der Waals surface area (Å²) in [6.45, 7) is 13.5. The molecule has 2 aromatic carbocycles. The van der Waals surface area contributed by atoms with Gasteiger partial charge in [0, 0.05) is 22.2 Å². The maximum absolute atomic E-state index is 5.32. The molecule has 0 aromatic heterocycles. The van der Waals surface area contributed by atoms with Gasteiger partial charge in [-0.1, -0.05) is 102 Å². The average Bonchev–Trinajstić information content (AvgIpc) is 2.62. The highest BCUT2D eigenvalue weighted by atomic mass is 15.0. The van der Waals surface area contributed by atoms with E-state index in [1.165, 1.54) is 16.8 Å². The average molecular weight is 371 g/mol. The van der Waals surface area contributed by atoms with Crippen molar-refractivity contribution in [2.75, 3.05) is 0 Å². The van der Waals surface area contributed by atoms with Gasteiger partial charge in [0.25, 0.3) is 0 Å². The molecule has 4 rings (SSSR count). The van der Waals surface area contributed by atoms with E-state index in [9.17, 15) is 0 Å². The first kappa shape index (κ1) is 18.9. The van der Waals surface area contributed by atoms with Crippen molar-refractivity contribution in [2.24, 2.45) is 26.7 Å². The van der Waals surface area contributed by atoms with Gasteiger partial charge >= 0.3 is 0 Å². The summed E-state index contributed by atoms with van der Waals surface area (Å²) in [7, 11) is 0. The Morgan fingerprint density at radius 3 is 1.86 bits per heavy atom. The normalized spacial score (nSPS) is 24.5. The van der Waals surface area contributed by atoms with Gasteiger partial charge in [-0.2, -0.15) is 0 Å². The Bertz CT molecular complexity index is 967. The van der Waals surface area contributed by atoms with E-state index in [-0.39, 0.29) is 22.3 Å². The van der Waals surface area contributed by atoms with Crippen molar-refractivity contribution in [1.29, 1.82) is 0 Å². The Labute approximate surface area is 169 Å². The van der Waals surface area contributed by atoms with Crippen molar-refractivity contribution in [3.63, 3.8) is 0 Å². The summed E-state index contributed by atoms with van der Waals surface area (Å²) in [5, 5.41) is 0. The van der Waals surface area contributed by atoms with Crippen LogP contribution in [0.4, 0.5) is 0 Å². The number of rotatable bonds is 2. The predicted octanol–water partition coefficient (Wildman–Crippen LogP) is 6.43. The zero-order chi connectivity index (χ0) is 20.2. The smallest absolute Gasteiger partial charge is 0.119 e. The van der Waals surface area contributed by atoms with Crippen LogP contribution in [-0.2, 0) is 5.54 Å². The Kier molecular flexibility index (Phi) is 4.22. The van der Waals surface area contributed by atoms with Gasteiger partial charge in [0.1, 0.15) is 5.54 Å². The van der Waals surface area contributed by atoms with Crippen molar-refractivity contribution < 1.29 is 0 Å². The van der Waals surface area contributed by atoms with Crippen LogP contribution >= 0.6 is 0 Å². The largest absolute Gasteiger partial charge is 0.276 e. The van der Waals surface area contributed by atoms with Crippen LogP contribution in [0, 0.1) is 16.7 Å². The van der Waals surface area contributed by atoms with Gasteiger partial charge in [-0.3, -0.25) is 9.98 Å². The molecule has 2 aliphatic heterocycles. The number of benzene rings is 2. The molecule has 2 aliphatic rings. The second-order valence-corrected chi connectivity index (χ2v) is 10.0. The molecule has 2 unspecified atom stereocenters. The van der Waals surface area contributed by atoms with Crippen molar-refractivity contribution >= 4 is 11.4 Å². The standard InChI is InChI=1S/C26H30N2/c1-24(2,3)20-17-26(19-15-11-8-12-16-19)21(23(28-26)25(4,5)6)22(27-20)18-13-9-7-10-14-18/h7-17,21H,1-6H3. The van der Waals surface area contributed by atoms with E-state index in [1.807, 2.05) is 0 Å². The third-order valence-electron chi connectivity index (χ3n) is 5.73. The topological polar surface area (TPSA) is 24.7 Å². The molecule has 28 heavy (non-hydrogen) atoms. The lowest BCUT2D eigenvalue weighted by molar-refractivity contribution is 0.382. The van der Waals surface area contributed by atoms with Crippen LogP contribution in [0.1, 0.15) is 52.7 Å². The SMILES string of the molecule is CC(C)(C)C1=CC2(c3ccccc3)N=C(C(C)(C)C)C2C(c2ccccc2)=N1. The molecule has 2 atom stereocenters. The third kappa shape index (κ3) is 2.96. The quantitative estimate of drug-likeness (QED) is 0.582. The van der Waals surface area contributed by atoms with Crippen molar-refractivity contribution in [3.8, 4) is 0 Å². The second-order valence-electron chi connectivity index (χ2n) is 10.0. The Hall–Kier alpha value is -2.48. The Morgan fingerprint density at radius 1 is 0.750 bits per heavy atom. The monoisotopic (exact) mass is 370 g/mol. The van der Waals surface area contributed by atoms with Crippen LogP contribution in [-0.4, -0.2) is 11.4 Å². The molecule has 0 amide bonds. The molecule has 2 heteroatoms. The van der Waals surface area contributed by atoms with Gasteiger partial charge in [-0.15, -0.1) is 0 Å². The number of aliphatic imine (C=N–C) groups is 2. The zero-order valence-electron chi connectivity index (χ0n) is 17.8. The fourth-order valence-electron chi connectivity index (χ4n) is 4.20. The van der Waals surface area contributed by atoms with Crippen LogP contribution in [0.15, 0.2) is 82.4 Å². The molecule has 0 spiro atoms. The fourth-order valence-corrected chi connectivity index (χ4v) is 4.20. The van der Waals surface area contributed by atoms with Crippen molar-refractivity contribution in [3.05, 3.63) is 83.6 Å². The molecule has 0 saturated heterocycles. The van der Waals surface area contributed by atoms with E-state index in [1.54, 1.807) is 0 Å². The van der Waals surface area contributed by atoms with Gasteiger partial charge in [-0.25, -0.2) is 0 Å². The summed E-state index contributed by atoms with van der Waals surface area (Å²) in [5.74, 6) is 0.170. The van der Waals surface area contributed by atoms with Crippen LogP contribution in [0.5, 0.6) is 0 Å². The summed E-state index contributed by atoms with van der Waals surface area (Å²) in [6, 6.07) is 21.4. The molecule has 2 aromatic rings. The van der Waals surface area contributed by atoms with E-state index < -0.39 is 0 Å². The number of hydrogen-bond acceptors (Lipinski definition) is 2. The van der Waals surface area contributed by atoms with E-state index in [4.69, 9.17) is 9.98 Å². The molecule has 0 saturated carbocycles. The van der Waals surface area contributed by atoms with Gasteiger partial charge < -0.3 is 0 Å². The first-order valence-corrected chi connectivity index (χ1v) is 10.2. The predicted molar refractivity (Wildman–Crippen MR) is 119 cm³/mol. The maximum Gasteiger partial charge on any atom is 0.119 e. The van der Waals surface area contributed by atoms with Gasteiger partial charge in [0.05, 0.1) is 11.6 Å². The minimum Gasteiger partial charge on any atom is -0.276 e. The molecular formula is C26H30N2. The lowest BCUT2D eigenvalue weighted by atomic mass is 9.59. The van der Waals surface area contributed by atoms with Crippen LogP contribution in [0.3, 0.4) is 0 Å². The molecular weight excluding hydrogens is 340 g/mol. The molecule has 0 bridgehead atoms. The lowest BCUT2D eigenvalue weighted by Crippen LogP contribution is -2.56. The third-order valence-corrected chi connectivity index (χ3v) is 5.73. The zero-order valence-corrected chi connectivity index (χ0v) is 17.8. The van der Waals surface area contributed by atoms with E-state index in [2.05, 4.69) is 108 Å². The molecule has 2 nitrogen and oxygen atoms in total. The summed E-state index contributed by atoms with van der Waals surface area (Å²) in [4.78, 5) is 10.6. The second kappa shape index (κ2) is 6.27. The molecule has 0 N–H and O–H groups in total. The number of hydrogen-bond donors (Lipinski definition) is 0. The number of fused-ring (bicyclic) bond motifs is 1. The van der Waals surface area contributed by atoms with Gasteiger partial charge in [0.15, 0.2) is 0 Å². The molecule has 0 fully saturated rings. The molecule has 0 aliphatic carbocycles. The highest BCUT2D eigenvalue weighted by Crippen LogP contribution is 2.54. The minimum absolute atomic E-state index is 0.00553. The highest BCUT2D eigenvalue weighted by molar-refractivity contribution is 6.21. The molecule has 144 valence electrons. The summed E-state index contributed by atoms with van der Waals surface area (Å²) in [5.41, 5.74) is 5.55. The molecule has 2 heterocycles. The molecule has 0 radical (unpaired) electrons. The van der Waals surface area contributed by atoms with E-state index >= 15 is 0 Å². The van der Waals surface area contributed by atoms with Gasteiger partial charge in [0.2, 0.25) is 0 Å². The first-order valence-electron chi connectivity index (χ1n) is 10.2. The van der Waals surface area contributed by atoms with E-state index in [0.717, 1.165) is 11.4 Å². The van der Waals surface area contributed by atoms with Crippen LogP contribution in [0.25, 0.3) is 0 Å². The van der Waals surface area contributed by atoms with Crippen LogP contribution in [0.2, 0.25) is 0 Å². The van der Waals surface area contributed by atoms with Crippen LogP contribution < -0.4 is 0 Å². The van der Waals surface area contributed by atoms with Gasteiger partial charge in [-0.05, 0) is 17.2 Å². The summed E-state index contributed by atoms with van der Waals surface area (Å²) >= 11 is 0.